The maximum Gasteiger partial charge on any atom is 0.0513 e. The van der Waals surface area contributed by atoms with E-state index in [-0.39, 0.29) is 0 Å². The Balaban J connectivity index is 2.53. The Labute approximate surface area is 90.7 Å². The highest BCUT2D eigenvalue weighted by atomic mass is 14.9. The number of hydrogen-bond acceptors (Lipinski definition) is 1. The van der Waals surface area contributed by atoms with E-state index < -0.39 is 0 Å². The molecule has 2 aromatic rings. The summed E-state index contributed by atoms with van der Waals surface area (Å²) in [6.07, 6.45) is 4.31. The van der Waals surface area contributed by atoms with Crippen LogP contribution < -0.4 is 5.73 Å². The molecule has 0 aliphatic heterocycles. The van der Waals surface area contributed by atoms with Gasteiger partial charge in [0.05, 0.1) is 5.52 Å². The minimum absolute atomic E-state index is 0.719. The second-order valence-corrected chi connectivity index (χ2v) is 3.90. The molecule has 0 fully saturated rings. The van der Waals surface area contributed by atoms with Crippen LogP contribution in [0.5, 0.6) is 0 Å². The van der Waals surface area contributed by atoms with E-state index in [4.69, 9.17) is 5.73 Å². The van der Waals surface area contributed by atoms with Gasteiger partial charge in [-0.1, -0.05) is 25.1 Å². The van der Waals surface area contributed by atoms with Gasteiger partial charge in [0.2, 0.25) is 0 Å². The lowest BCUT2D eigenvalue weighted by Gasteiger charge is -2.07. The van der Waals surface area contributed by atoms with Gasteiger partial charge in [-0.15, -0.1) is 0 Å². The summed E-state index contributed by atoms with van der Waals surface area (Å²) in [5, 5.41) is 1.33. The first-order valence-electron chi connectivity index (χ1n) is 5.63. The maximum atomic E-state index is 5.64. The number of nitrogens with zero attached hydrogens (tertiary/aromatic N) is 1. The predicted molar refractivity (Wildman–Crippen MR) is 65.0 cm³/mol. The molecule has 0 aliphatic carbocycles. The van der Waals surface area contributed by atoms with Crippen LogP contribution in [-0.4, -0.2) is 11.1 Å². The van der Waals surface area contributed by atoms with Crippen LogP contribution in [0, 0.1) is 0 Å². The average Bonchev–Trinajstić information content (AvgIpc) is 2.64. The van der Waals surface area contributed by atoms with Crippen LogP contribution in [0.1, 0.15) is 18.9 Å². The molecule has 2 rings (SSSR count). The summed E-state index contributed by atoms with van der Waals surface area (Å²) >= 11 is 0. The van der Waals surface area contributed by atoms with Crippen molar-refractivity contribution < 1.29 is 0 Å². The number of nitrogens with two attached hydrogens (primary N) is 1. The molecule has 1 aromatic heterocycles. The third-order valence-corrected chi connectivity index (χ3v) is 2.75. The minimum Gasteiger partial charge on any atom is -0.347 e. The van der Waals surface area contributed by atoms with Crippen molar-refractivity contribution in [3.8, 4) is 0 Å². The zero-order valence-electron chi connectivity index (χ0n) is 9.24. The molecule has 80 valence electrons. The van der Waals surface area contributed by atoms with Gasteiger partial charge in [-0.3, -0.25) is 0 Å². The third kappa shape index (κ3) is 1.90. The summed E-state index contributed by atoms with van der Waals surface area (Å²) in [5.41, 5.74) is 8.37. The molecule has 1 aromatic carbocycles. The van der Waals surface area contributed by atoms with E-state index in [1.807, 2.05) is 0 Å². The fourth-order valence-corrected chi connectivity index (χ4v) is 2.13. The van der Waals surface area contributed by atoms with Gasteiger partial charge in [0, 0.05) is 12.7 Å². The van der Waals surface area contributed by atoms with Crippen molar-refractivity contribution in [3.63, 3.8) is 0 Å². The van der Waals surface area contributed by atoms with Crippen molar-refractivity contribution in [3.05, 3.63) is 36.0 Å². The Morgan fingerprint density at radius 1 is 1.27 bits per heavy atom. The summed E-state index contributed by atoms with van der Waals surface area (Å²) in [5.74, 6) is 0. The first kappa shape index (κ1) is 10.2. The number of hydrogen-bond donors (Lipinski definition) is 1. The highest BCUT2D eigenvalue weighted by molar-refractivity contribution is 5.83. The molecule has 0 spiro atoms. The molecule has 0 unspecified atom stereocenters. The normalized spacial score (nSPS) is 11.1. The van der Waals surface area contributed by atoms with Gasteiger partial charge in [0.1, 0.15) is 0 Å². The lowest BCUT2D eigenvalue weighted by atomic mass is 10.1. The van der Waals surface area contributed by atoms with Crippen LogP contribution in [-0.2, 0) is 13.0 Å². The van der Waals surface area contributed by atoms with Crippen molar-refractivity contribution in [1.82, 2.24) is 4.57 Å². The predicted octanol–water partition coefficient (Wildman–Crippen LogP) is 2.55. The number of para-hydroxylation sites is 1. The van der Waals surface area contributed by atoms with Crippen molar-refractivity contribution in [2.75, 3.05) is 6.54 Å². The lowest BCUT2D eigenvalue weighted by molar-refractivity contribution is 0.701. The van der Waals surface area contributed by atoms with Crippen molar-refractivity contribution in [1.29, 1.82) is 0 Å². The zero-order chi connectivity index (χ0) is 10.7. The number of benzene rings is 1. The number of rotatable bonds is 4. The Bertz CT molecular complexity index is 443. The van der Waals surface area contributed by atoms with E-state index in [1.165, 1.54) is 22.9 Å². The molecule has 0 atom stereocenters. The first-order valence-corrected chi connectivity index (χ1v) is 5.63. The van der Waals surface area contributed by atoms with E-state index in [2.05, 4.69) is 42.0 Å². The summed E-state index contributed by atoms with van der Waals surface area (Å²) in [7, 11) is 0. The van der Waals surface area contributed by atoms with E-state index in [1.54, 1.807) is 0 Å². The smallest absolute Gasteiger partial charge is 0.0513 e. The molecule has 2 heteroatoms. The molecular formula is C13H18N2. The monoisotopic (exact) mass is 202 g/mol. The van der Waals surface area contributed by atoms with Crippen LogP contribution in [0.15, 0.2) is 30.5 Å². The van der Waals surface area contributed by atoms with Gasteiger partial charge in [-0.2, -0.15) is 0 Å². The van der Waals surface area contributed by atoms with Gasteiger partial charge < -0.3 is 10.3 Å². The summed E-state index contributed by atoms with van der Waals surface area (Å²) in [6.45, 7) is 4.01. The topological polar surface area (TPSA) is 30.9 Å². The van der Waals surface area contributed by atoms with Gasteiger partial charge in [-0.05, 0) is 36.4 Å². The maximum absolute atomic E-state index is 5.64. The number of aromatic nitrogens is 1. The quantitative estimate of drug-likeness (QED) is 0.811. The molecule has 2 N–H and O–H groups in total. The lowest BCUT2D eigenvalue weighted by Crippen LogP contribution is -2.05. The van der Waals surface area contributed by atoms with E-state index >= 15 is 0 Å². The van der Waals surface area contributed by atoms with Crippen molar-refractivity contribution in [2.45, 2.75) is 26.3 Å². The third-order valence-electron chi connectivity index (χ3n) is 2.75. The van der Waals surface area contributed by atoms with Crippen LogP contribution in [0.2, 0.25) is 0 Å². The molecule has 15 heavy (non-hydrogen) atoms. The van der Waals surface area contributed by atoms with Gasteiger partial charge in [-0.25, -0.2) is 0 Å². The van der Waals surface area contributed by atoms with Crippen LogP contribution in [0.25, 0.3) is 10.9 Å². The Morgan fingerprint density at radius 3 is 2.87 bits per heavy atom. The Kier molecular flexibility index (Phi) is 3.07. The Morgan fingerprint density at radius 2 is 2.13 bits per heavy atom. The fraction of sp³-hybridized carbons (Fsp3) is 0.385. The minimum atomic E-state index is 0.719. The van der Waals surface area contributed by atoms with Crippen LogP contribution in [0.3, 0.4) is 0 Å². The number of fused-ring (bicyclic) bond motifs is 1. The molecule has 0 amide bonds. The molecule has 0 saturated carbocycles. The van der Waals surface area contributed by atoms with Gasteiger partial charge in [0.25, 0.3) is 0 Å². The summed E-state index contributed by atoms with van der Waals surface area (Å²) < 4.78 is 2.33. The van der Waals surface area contributed by atoms with Gasteiger partial charge in [0.15, 0.2) is 0 Å². The largest absolute Gasteiger partial charge is 0.347 e. The summed E-state index contributed by atoms with van der Waals surface area (Å²) in [6, 6.07) is 8.65. The summed E-state index contributed by atoms with van der Waals surface area (Å²) in [4.78, 5) is 0. The van der Waals surface area contributed by atoms with E-state index in [9.17, 15) is 0 Å². The van der Waals surface area contributed by atoms with Gasteiger partial charge >= 0.3 is 0 Å². The fourth-order valence-electron chi connectivity index (χ4n) is 2.13. The average molecular weight is 202 g/mol. The molecule has 0 aliphatic rings. The molecule has 0 saturated heterocycles. The highest BCUT2D eigenvalue weighted by Crippen LogP contribution is 2.20. The second kappa shape index (κ2) is 4.49. The molecule has 0 bridgehead atoms. The molecule has 2 nitrogen and oxygen atoms in total. The van der Waals surface area contributed by atoms with Crippen molar-refractivity contribution in [2.24, 2.45) is 5.73 Å². The van der Waals surface area contributed by atoms with Crippen molar-refractivity contribution >= 4 is 10.9 Å². The van der Waals surface area contributed by atoms with Crippen LogP contribution in [0.4, 0.5) is 0 Å². The highest BCUT2D eigenvalue weighted by Gasteiger charge is 2.04. The molecule has 1 heterocycles. The zero-order valence-corrected chi connectivity index (χ0v) is 9.24. The van der Waals surface area contributed by atoms with E-state index in [0.717, 1.165) is 19.5 Å². The first-order chi connectivity index (χ1) is 7.36. The Hall–Kier alpha value is -1.28. The standard InChI is InChI=1S/C13H18N2/c1-2-9-15-10-7-12-5-3-4-11(6-8-14)13(12)15/h3-5,7,10H,2,6,8-9,14H2,1H3. The number of aryl methyl sites for hydroxylation is 1. The SMILES string of the molecule is CCCn1ccc2cccc(CCN)c21. The molecule has 0 radical (unpaired) electrons. The molecular weight excluding hydrogens is 184 g/mol. The second-order valence-electron chi connectivity index (χ2n) is 3.90. The van der Waals surface area contributed by atoms with Crippen LogP contribution >= 0.6 is 0 Å². The van der Waals surface area contributed by atoms with E-state index in [0.29, 0.717) is 0 Å².